The first-order valence-corrected chi connectivity index (χ1v) is 8.09. The summed E-state index contributed by atoms with van der Waals surface area (Å²) in [5.74, 6) is 2.11. The maximum Gasteiger partial charge on any atom is 0.226 e. The second kappa shape index (κ2) is 6.65. The molecule has 0 aliphatic rings. The van der Waals surface area contributed by atoms with Crippen LogP contribution in [0.3, 0.4) is 0 Å². The fourth-order valence-corrected chi connectivity index (χ4v) is 2.75. The number of hydrogen-bond acceptors (Lipinski definition) is 3. The molecule has 3 aromatic carbocycles. The second-order valence-electron chi connectivity index (χ2n) is 5.70. The fourth-order valence-electron chi connectivity index (χ4n) is 2.75. The summed E-state index contributed by atoms with van der Waals surface area (Å²) in [5, 5.41) is 0. The summed E-state index contributed by atoms with van der Waals surface area (Å²) in [6.07, 6.45) is 1.76. The van der Waals surface area contributed by atoms with Gasteiger partial charge in [0.15, 0.2) is 5.76 Å². The Morgan fingerprint density at radius 3 is 2.16 bits per heavy atom. The van der Waals surface area contributed by atoms with Gasteiger partial charge in [0.2, 0.25) is 5.89 Å². The van der Waals surface area contributed by atoms with E-state index in [9.17, 15) is 0 Å². The van der Waals surface area contributed by atoms with Crippen molar-refractivity contribution in [1.29, 1.82) is 0 Å². The minimum absolute atomic E-state index is 0.584. The topological polar surface area (TPSA) is 35.3 Å². The molecule has 0 N–H and O–H groups in total. The maximum atomic E-state index is 5.93. The van der Waals surface area contributed by atoms with Crippen molar-refractivity contribution in [3.05, 3.63) is 85.1 Å². The van der Waals surface area contributed by atoms with Gasteiger partial charge in [-0.1, -0.05) is 60.7 Å². The average Bonchev–Trinajstić information content (AvgIpc) is 3.19. The lowest BCUT2D eigenvalue weighted by molar-refractivity contribution is 0.415. The standard InChI is InChI=1S/C22H17NO2/c1-24-20-9-5-8-19(14-20)22-23-15-21(25-22)18-12-10-17(11-13-18)16-6-3-2-4-7-16/h2-15H,1H3. The van der Waals surface area contributed by atoms with Gasteiger partial charge in [-0.2, -0.15) is 0 Å². The van der Waals surface area contributed by atoms with Crippen molar-refractivity contribution in [1.82, 2.24) is 4.98 Å². The summed E-state index contributed by atoms with van der Waals surface area (Å²) in [5.41, 5.74) is 4.27. The van der Waals surface area contributed by atoms with Crippen molar-refractivity contribution in [3.8, 4) is 39.7 Å². The van der Waals surface area contributed by atoms with Crippen molar-refractivity contribution in [2.45, 2.75) is 0 Å². The molecule has 0 saturated heterocycles. The highest BCUT2D eigenvalue weighted by Crippen LogP contribution is 2.29. The molecule has 0 spiro atoms. The van der Waals surface area contributed by atoms with Gasteiger partial charge in [-0.05, 0) is 29.3 Å². The predicted octanol–water partition coefficient (Wildman–Crippen LogP) is 5.68. The van der Waals surface area contributed by atoms with Gasteiger partial charge in [-0.15, -0.1) is 0 Å². The Labute approximate surface area is 146 Å². The highest BCUT2D eigenvalue weighted by atomic mass is 16.5. The van der Waals surface area contributed by atoms with E-state index in [1.54, 1.807) is 13.3 Å². The summed E-state index contributed by atoms with van der Waals surface area (Å²) in [7, 11) is 1.65. The molecular formula is C22H17NO2. The first-order chi connectivity index (χ1) is 12.3. The third-order valence-corrected chi connectivity index (χ3v) is 4.10. The average molecular weight is 327 g/mol. The summed E-state index contributed by atoms with van der Waals surface area (Å²) in [6, 6.07) is 26.3. The number of rotatable bonds is 4. The highest BCUT2D eigenvalue weighted by molar-refractivity contribution is 5.68. The zero-order valence-electron chi connectivity index (χ0n) is 13.8. The molecule has 0 atom stereocenters. The van der Waals surface area contributed by atoms with Crippen LogP contribution in [-0.2, 0) is 0 Å². The first kappa shape index (κ1) is 15.2. The van der Waals surface area contributed by atoms with Crippen LogP contribution < -0.4 is 4.74 Å². The van der Waals surface area contributed by atoms with Gasteiger partial charge in [0, 0.05) is 11.1 Å². The summed E-state index contributed by atoms with van der Waals surface area (Å²) in [6.45, 7) is 0. The molecule has 0 radical (unpaired) electrons. The summed E-state index contributed by atoms with van der Waals surface area (Å²) < 4.78 is 11.2. The normalized spacial score (nSPS) is 10.6. The number of benzene rings is 3. The first-order valence-electron chi connectivity index (χ1n) is 8.09. The van der Waals surface area contributed by atoms with Gasteiger partial charge in [-0.3, -0.25) is 0 Å². The summed E-state index contributed by atoms with van der Waals surface area (Å²) in [4.78, 5) is 4.40. The smallest absolute Gasteiger partial charge is 0.226 e. The zero-order chi connectivity index (χ0) is 17.1. The van der Waals surface area contributed by atoms with E-state index in [2.05, 4.69) is 41.4 Å². The van der Waals surface area contributed by atoms with E-state index in [0.717, 1.165) is 22.6 Å². The van der Waals surface area contributed by atoms with E-state index >= 15 is 0 Å². The molecule has 122 valence electrons. The van der Waals surface area contributed by atoms with Gasteiger partial charge in [0.1, 0.15) is 5.75 Å². The van der Waals surface area contributed by atoms with Gasteiger partial charge < -0.3 is 9.15 Å². The molecule has 0 bridgehead atoms. The molecule has 0 unspecified atom stereocenters. The molecule has 3 heteroatoms. The molecule has 0 amide bonds. The molecule has 25 heavy (non-hydrogen) atoms. The van der Waals surface area contributed by atoms with Crippen LogP contribution in [0.1, 0.15) is 0 Å². The van der Waals surface area contributed by atoms with E-state index in [1.165, 1.54) is 11.1 Å². The molecule has 4 rings (SSSR count). The zero-order valence-corrected chi connectivity index (χ0v) is 13.8. The SMILES string of the molecule is COc1cccc(-c2ncc(-c3ccc(-c4ccccc4)cc3)o2)c1. The number of ether oxygens (including phenoxy) is 1. The lowest BCUT2D eigenvalue weighted by atomic mass is 10.0. The Hall–Kier alpha value is -3.33. The van der Waals surface area contributed by atoms with Crippen LogP contribution in [-0.4, -0.2) is 12.1 Å². The number of nitrogens with zero attached hydrogens (tertiary/aromatic N) is 1. The van der Waals surface area contributed by atoms with Crippen LogP contribution >= 0.6 is 0 Å². The highest BCUT2D eigenvalue weighted by Gasteiger charge is 2.09. The van der Waals surface area contributed by atoms with E-state index in [0.29, 0.717) is 5.89 Å². The van der Waals surface area contributed by atoms with Gasteiger partial charge >= 0.3 is 0 Å². The third kappa shape index (κ3) is 3.17. The Kier molecular flexibility index (Phi) is 4.05. The van der Waals surface area contributed by atoms with E-state index in [-0.39, 0.29) is 0 Å². The molecule has 1 heterocycles. The quantitative estimate of drug-likeness (QED) is 0.483. The molecule has 0 saturated carbocycles. The van der Waals surface area contributed by atoms with Crippen LogP contribution in [0.25, 0.3) is 33.9 Å². The van der Waals surface area contributed by atoms with Gasteiger partial charge in [-0.25, -0.2) is 4.98 Å². The predicted molar refractivity (Wildman–Crippen MR) is 99.4 cm³/mol. The molecular weight excluding hydrogens is 310 g/mol. The molecule has 0 aliphatic carbocycles. The van der Waals surface area contributed by atoms with Crippen LogP contribution in [0.4, 0.5) is 0 Å². The van der Waals surface area contributed by atoms with Crippen molar-refractivity contribution < 1.29 is 9.15 Å². The van der Waals surface area contributed by atoms with Crippen molar-refractivity contribution in [3.63, 3.8) is 0 Å². The van der Waals surface area contributed by atoms with Gasteiger partial charge in [0.25, 0.3) is 0 Å². The van der Waals surface area contributed by atoms with Gasteiger partial charge in [0.05, 0.1) is 13.3 Å². The molecule has 1 aromatic heterocycles. The number of hydrogen-bond donors (Lipinski definition) is 0. The fraction of sp³-hybridized carbons (Fsp3) is 0.0455. The Morgan fingerprint density at radius 2 is 1.40 bits per heavy atom. The van der Waals surface area contributed by atoms with Crippen LogP contribution in [0.15, 0.2) is 89.5 Å². The van der Waals surface area contributed by atoms with Crippen LogP contribution in [0.2, 0.25) is 0 Å². The lowest BCUT2D eigenvalue weighted by Gasteiger charge is -2.03. The molecule has 4 aromatic rings. The van der Waals surface area contributed by atoms with E-state index in [4.69, 9.17) is 9.15 Å². The van der Waals surface area contributed by atoms with Crippen molar-refractivity contribution in [2.75, 3.05) is 7.11 Å². The van der Waals surface area contributed by atoms with Crippen molar-refractivity contribution in [2.24, 2.45) is 0 Å². The van der Waals surface area contributed by atoms with Crippen LogP contribution in [0.5, 0.6) is 5.75 Å². The Morgan fingerprint density at radius 1 is 0.720 bits per heavy atom. The van der Waals surface area contributed by atoms with E-state index < -0.39 is 0 Å². The van der Waals surface area contributed by atoms with E-state index in [1.807, 2.05) is 42.5 Å². The summed E-state index contributed by atoms with van der Waals surface area (Å²) >= 11 is 0. The van der Waals surface area contributed by atoms with Crippen molar-refractivity contribution >= 4 is 0 Å². The molecule has 3 nitrogen and oxygen atoms in total. The monoisotopic (exact) mass is 327 g/mol. The number of aromatic nitrogens is 1. The minimum atomic E-state index is 0.584. The lowest BCUT2D eigenvalue weighted by Crippen LogP contribution is -1.83. The molecule has 0 aliphatic heterocycles. The molecule has 0 fully saturated rings. The number of methoxy groups -OCH3 is 1. The largest absolute Gasteiger partial charge is 0.497 e. The number of oxazole rings is 1. The maximum absolute atomic E-state index is 5.93. The third-order valence-electron chi connectivity index (χ3n) is 4.10. The van der Waals surface area contributed by atoms with Crippen LogP contribution in [0, 0.1) is 0 Å². The minimum Gasteiger partial charge on any atom is -0.497 e. The Bertz CT molecular complexity index is 972. The second-order valence-corrected chi connectivity index (χ2v) is 5.70. The Balaban J connectivity index is 1.62.